The molecule has 3 aromatic rings. The summed E-state index contributed by atoms with van der Waals surface area (Å²) in [5.74, 6) is -0.684. The van der Waals surface area contributed by atoms with E-state index in [9.17, 15) is 9.90 Å². The molecule has 11 heteroatoms. The monoisotopic (exact) mass is 448 g/mol. The molecule has 4 heterocycles. The van der Waals surface area contributed by atoms with Crippen LogP contribution in [0.4, 0.5) is 10.1 Å². The van der Waals surface area contributed by atoms with Gasteiger partial charge in [-0.3, -0.25) is 9.78 Å². The number of fused-ring (bicyclic) bond motifs is 1. The molecule has 1 atom stereocenters. The van der Waals surface area contributed by atoms with Gasteiger partial charge in [-0.1, -0.05) is 11.6 Å². The molecule has 0 radical (unpaired) electrons. The van der Waals surface area contributed by atoms with Gasteiger partial charge in [0.2, 0.25) is 0 Å². The lowest BCUT2D eigenvalue weighted by molar-refractivity contribution is -0.247. The van der Waals surface area contributed by atoms with Crippen LogP contribution < -0.4 is 10.6 Å². The Bertz CT molecular complexity index is 1140. The Morgan fingerprint density at radius 1 is 1.45 bits per heavy atom. The molecule has 4 rings (SSSR count). The van der Waals surface area contributed by atoms with E-state index < -0.39 is 17.2 Å². The summed E-state index contributed by atoms with van der Waals surface area (Å²) in [6, 6.07) is 1.35. The van der Waals surface area contributed by atoms with Crippen molar-refractivity contribution in [3.8, 4) is 0 Å². The molecule has 31 heavy (non-hydrogen) atoms. The molecule has 1 aliphatic rings. The zero-order valence-electron chi connectivity index (χ0n) is 17.0. The van der Waals surface area contributed by atoms with Gasteiger partial charge in [0.1, 0.15) is 0 Å². The van der Waals surface area contributed by atoms with E-state index >= 15 is 4.39 Å². The third kappa shape index (κ3) is 3.50. The minimum Gasteiger partial charge on any atom is -0.381 e. The number of halogens is 2. The van der Waals surface area contributed by atoms with Gasteiger partial charge in [0.15, 0.2) is 16.9 Å². The highest BCUT2D eigenvalue weighted by Crippen LogP contribution is 2.45. The minimum absolute atomic E-state index is 0.0929. The normalized spacial score (nSPS) is 17.4. The van der Waals surface area contributed by atoms with E-state index in [0.29, 0.717) is 10.7 Å². The first-order valence-corrected chi connectivity index (χ1v) is 10.0. The number of ether oxygens (including phenoxy) is 1. The van der Waals surface area contributed by atoms with Gasteiger partial charge in [0, 0.05) is 24.6 Å². The smallest absolute Gasteiger partial charge is 0.252 e. The molecule has 1 fully saturated rings. The van der Waals surface area contributed by atoms with E-state index in [-0.39, 0.29) is 42.6 Å². The number of primary amides is 1. The molecule has 0 saturated carbocycles. The lowest BCUT2D eigenvalue weighted by Crippen LogP contribution is -2.66. The van der Waals surface area contributed by atoms with E-state index in [1.807, 2.05) is 13.8 Å². The van der Waals surface area contributed by atoms with Crippen LogP contribution in [0.3, 0.4) is 0 Å². The Morgan fingerprint density at radius 2 is 2.19 bits per heavy atom. The fraction of sp³-hybridized carbons (Fsp3) is 0.400. The third-order valence-electron chi connectivity index (χ3n) is 5.56. The number of pyridine rings is 1. The van der Waals surface area contributed by atoms with Crippen molar-refractivity contribution < 1.29 is 19.0 Å². The van der Waals surface area contributed by atoms with Crippen LogP contribution in [0.15, 0.2) is 37.1 Å². The van der Waals surface area contributed by atoms with Crippen LogP contribution in [0.25, 0.3) is 5.65 Å². The van der Waals surface area contributed by atoms with Crippen LogP contribution in [0, 0.1) is 0 Å². The second-order valence-electron chi connectivity index (χ2n) is 7.90. The van der Waals surface area contributed by atoms with Crippen molar-refractivity contribution in [2.45, 2.75) is 31.2 Å². The molecule has 3 aromatic heterocycles. The molecular formula is C20H22ClFN6O3. The molecule has 9 nitrogen and oxygen atoms in total. The highest BCUT2D eigenvalue weighted by atomic mass is 35.5. The van der Waals surface area contributed by atoms with Gasteiger partial charge in [0.05, 0.1) is 54.0 Å². The first-order chi connectivity index (χ1) is 14.7. The number of hydrogen-bond acceptors (Lipinski definition) is 7. The highest BCUT2D eigenvalue weighted by molar-refractivity contribution is 6.30. The topological polar surface area (TPSA) is 119 Å². The number of amides is 1. The van der Waals surface area contributed by atoms with E-state index in [2.05, 4.69) is 15.1 Å². The summed E-state index contributed by atoms with van der Waals surface area (Å²) in [7, 11) is 0. The number of hydrogen-bond donors (Lipinski definition) is 2. The number of anilines is 1. The average molecular weight is 449 g/mol. The van der Waals surface area contributed by atoms with Crippen molar-refractivity contribution in [2.24, 2.45) is 5.73 Å². The van der Waals surface area contributed by atoms with Crippen molar-refractivity contribution in [2.75, 3.05) is 24.7 Å². The minimum atomic E-state index is -2.34. The predicted octanol–water partition coefficient (Wildman–Crippen LogP) is 1.72. The molecule has 1 aliphatic heterocycles. The Hall–Kier alpha value is -2.82. The van der Waals surface area contributed by atoms with Crippen LogP contribution >= 0.6 is 11.6 Å². The number of aromatic nitrogens is 4. The number of nitrogens with two attached hydrogens (primary N) is 1. The second-order valence-corrected chi connectivity index (χ2v) is 8.34. The molecule has 1 amide bonds. The van der Waals surface area contributed by atoms with Crippen molar-refractivity contribution in [3.63, 3.8) is 0 Å². The lowest BCUT2D eigenvalue weighted by Gasteiger charge is -2.49. The van der Waals surface area contributed by atoms with Gasteiger partial charge < -0.3 is 20.5 Å². The molecule has 0 aliphatic carbocycles. The summed E-state index contributed by atoms with van der Waals surface area (Å²) >= 11 is 5.98. The van der Waals surface area contributed by atoms with E-state index in [0.717, 1.165) is 0 Å². The molecule has 1 saturated heterocycles. The summed E-state index contributed by atoms with van der Waals surface area (Å²) in [5.41, 5.74) is 2.25. The number of alkyl halides is 1. The summed E-state index contributed by atoms with van der Waals surface area (Å²) < 4.78 is 23.5. The zero-order chi connectivity index (χ0) is 22.4. The first-order valence-electron chi connectivity index (χ1n) is 9.65. The largest absolute Gasteiger partial charge is 0.381 e. The molecule has 0 aromatic carbocycles. The number of aliphatic hydroxyl groups is 1. The van der Waals surface area contributed by atoms with Crippen molar-refractivity contribution >= 4 is 28.8 Å². The van der Waals surface area contributed by atoms with Crippen LogP contribution in [0.1, 0.15) is 29.8 Å². The van der Waals surface area contributed by atoms with Gasteiger partial charge in [-0.05, 0) is 19.9 Å². The predicted molar refractivity (Wildman–Crippen MR) is 112 cm³/mol. The van der Waals surface area contributed by atoms with Gasteiger partial charge in [-0.25, -0.2) is 13.9 Å². The number of nitrogens with zero attached hydrogens (tertiary/aromatic N) is 5. The van der Waals surface area contributed by atoms with Crippen LogP contribution in [0.5, 0.6) is 0 Å². The first kappa shape index (κ1) is 21.4. The Balaban J connectivity index is 1.86. The van der Waals surface area contributed by atoms with Gasteiger partial charge >= 0.3 is 0 Å². The lowest BCUT2D eigenvalue weighted by atomic mass is 9.77. The Morgan fingerprint density at radius 3 is 2.81 bits per heavy atom. The van der Waals surface area contributed by atoms with Crippen LogP contribution in [0.2, 0.25) is 5.02 Å². The maximum absolute atomic E-state index is 17.0. The molecule has 3 N–H and O–H groups in total. The van der Waals surface area contributed by atoms with Gasteiger partial charge in [-0.2, -0.15) is 5.10 Å². The van der Waals surface area contributed by atoms with Gasteiger partial charge in [0.25, 0.3) is 5.91 Å². The molecule has 0 spiro atoms. The fourth-order valence-electron chi connectivity index (χ4n) is 3.75. The maximum Gasteiger partial charge on any atom is 0.252 e. The van der Waals surface area contributed by atoms with Gasteiger partial charge in [-0.15, -0.1) is 0 Å². The highest BCUT2D eigenvalue weighted by Gasteiger charge is 2.60. The summed E-state index contributed by atoms with van der Waals surface area (Å²) in [6.07, 6.45) is 7.06. The molecule has 0 bridgehead atoms. The summed E-state index contributed by atoms with van der Waals surface area (Å²) in [4.78, 5) is 21.8. The number of carbonyl (C=O) groups is 1. The quantitative estimate of drug-likeness (QED) is 0.564. The molecule has 164 valence electrons. The van der Waals surface area contributed by atoms with Crippen molar-refractivity contribution in [1.29, 1.82) is 0 Å². The van der Waals surface area contributed by atoms with Crippen molar-refractivity contribution in [1.82, 2.24) is 19.6 Å². The standard InChI is InChI=1S/C20H22ClFN6O3/c1-12(2)27(16-3-4-24-6-14(16)17(23)29)9-20(22,19(30)10-31-11-19)15-7-26-28-8-13(21)5-25-18(15)28/h3-8,12,30H,9-11H2,1-2H3,(H2,23,29). The summed E-state index contributed by atoms with van der Waals surface area (Å²) in [5, 5.41) is 15.6. The SMILES string of the molecule is CC(C)N(CC(F)(c1cnn2cc(Cl)cnc12)C1(O)COC1)c1ccncc1C(N)=O. The van der Waals surface area contributed by atoms with Crippen LogP contribution in [-0.4, -0.2) is 62.0 Å². The molecule has 1 unspecified atom stereocenters. The van der Waals surface area contributed by atoms with E-state index in [1.165, 1.54) is 35.5 Å². The molecular weight excluding hydrogens is 427 g/mol. The average Bonchev–Trinajstić information content (AvgIpc) is 3.13. The van der Waals surface area contributed by atoms with Crippen LogP contribution in [-0.2, 0) is 10.4 Å². The third-order valence-corrected chi connectivity index (χ3v) is 5.75. The van der Waals surface area contributed by atoms with Crippen molar-refractivity contribution in [3.05, 3.63) is 53.2 Å². The fourth-order valence-corrected chi connectivity index (χ4v) is 3.89. The van der Waals surface area contributed by atoms with E-state index in [4.69, 9.17) is 22.1 Å². The second kappa shape index (κ2) is 7.70. The Kier molecular flexibility index (Phi) is 5.32. The number of rotatable bonds is 7. The zero-order valence-corrected chi connectivity index (χ0v) is 17.8. The van der Waals surface area contributed by atoms with E-state index in [1.54, 1.807) is 11.0 Å². The maximum atomic E-state index is 17.0. The number of carbonyl (C=O) groups excluding carboxylic acids is 1. The Labute approximate surface area is 182 Å². The summed E-state index contributed by atoms with van der Waals surface area (Å²) in [6.45, 7) is 3.00.